The van der Waals surface area contributed by atoms with Crippen LogP contribution in [0.15, 0.2) is 18.2 Å². The molecule has 0 atom stereocenters. The van der Waals surface area contributed by atoms with Crippen molar-refractivity contribution in [3.05, 3.63) is 28.8 Å². The van der Waals surface area contributed by atoms with Crippen molar-refractivity contribution >= 4 is 17.6 Å². The number of hydrogen-bond donors (Lipinski definition) is 1. The normalized spacial score (nSPS) is 10.3. The number of ether oxygens (including phenoxy) is 2. The molecule has 1 aromatic rings. The topological polar surface area (TPSA) is 47.6 Å². The van der Waals surface area contributed by atoms with Gasteiger partial charge in [-0.15, -0.1) is 0 Å². The van der Waals surface area contributed by atoms with Crippen molar-refractivity contribution in [3.63, 3.8) is 0 Å². The number of nitrogens with one attached hydrogen (secondary N) is 1. The van der Waals surface area contributed by atoms with Crippen LogP contribution in [-0.4, -0.2) is 26.2 Å². The van der Waals surface area contributed by atoms with Crippen molar-refractivity contribution in [1.29, 1.82) is 0 Å². The van der Waals surface area contributed by atoms with Crippen LogP contribution in [-0.2, 0) is 16.1 Å². The minimum Gasteiger partial charge on any atom is -0.492 e. The maximum Gasteiger partial charge on any atom is 0.305 e. The van der Waals surface area contributed by atoms with Crippen LogP contribution in [0.4, 0.5) is 0 Å². The summed E-state index contributed by atoms with van der Waals surface area (Å²) >= 11 is 6.13. The summed E-state index contributed by atoms with van der Waals surface area (Å²) in [6, 6.07) is 5.72. The Morgan fingerprint density at radius 1 is 1.42 bits per heavy atom. The molecular weight excluding hydrogens is 266 g/mol. The van der Waals surface area contributed by atoms with E-state index in [4.69, 9.17) is 16.3 Å². The highest BCUT2D eigenvalue weighted by Crippen LogP contribution is 2.25. The summed E-state index contributed by atoms with van der Waals surface area (Å²) in [6.07, 6.45) is 0.967. The van der Waals surface area contributed by atoms with Crippen LogP contribution >= 0.6 is 11.6 Å². The average molecular weight is 286 g/mol. The second-order valence-electron chi connectivity index (χ2n) is 4.07. The molecule has 19 heavy (non-hydrogen) atoms. The second kappa shape index (κ2) is 8.77. The summed E-state index contributed by atoms with van der Waals surface area (Å²) in [5.74, 6) is 0.419. The monoisotopic (exact) mass is 285 g/mol. The molecule has 1 N–H and O–H groups in total. The van der Waals surface area contributed by atoms with E-state index in [1.54, 1.807) is 0 Å². The molecule has 5 heteroatoms. The zero-order valence-electron chi connectivity index (χ0n) is 11.4. The lowest BCUT2D eigenvalue weighted by atomic mass is 10.2. The minimum atomic E-state index is -0.226. The molecule has 0 saturated carbocycles. The Balaban J connectivity index is 2.39. The average Bonchev–Trinajstić information content (AvgIpc) is 2.42. The van der Waals surface area contributed by atoms with E-state index < -0.39 is 0 Å². The molecule has 0 aliphatic heterocycles. The van der Waals surface area contributed by atoms with Crippen LogP contribution in [0.1, 0.15) is 25.3 Å². The molecule has 0 heterocycles. The SMILES string of the molecule is CCNCc1ccc(OCCCC(=O)OC)c(Cl)c1. The molecule has 1 rings (SSSR count). The number of benzene rings is 1. The number of carbonyl (C=O) groups excluding carboxylic acids is 1. The molecule has 0 aliphatic carbocycles. The fourth-order valence-electron chi connectivity index (χ4n) is 1.54. The summed E-state index contributed by atoms with van der Waals surface area (Å²) in [6.45, 7) is 4.21. The Bertz CT molecular complexity index is 410. The molecule has 0 fully saturated rings. The van der Waals surface area contributed by atoms with Crippen LogP contribution in [0, 0.1) is 0 Å². The molecule has 0 aromatic heterocycles. The number of rotatable bonds is 8. The van der Waals surface area contributed by atoms with E-state index in [0.717, 1.165) is 18.7 Å². The van der Waals surface area contributed by atoms with Crippen molar-refractivity contribution < 1.29 is 14.3 Å². The summed E-state index contributed by atoms with van der Waals surface area (Å²) in [5, 5.41) is 3.82. The Labute approximate surface area is 119 Å². The summed E-state index contributed by atoms with van der Waals surface area (Å²) in [5.41, 5.74) is 1.12. The van der Waals surface area contributed by atoms with Gasteiger partial charge in [-0.2, -0.15) is 0 Å². The van der Waals surface area contributed by atoms with Gasteiger partial charge < -0.3 is 14.8 Å². The van der Waals surface area contributed by atoms with Crippen molar-refractivity contribution in [2.24, 2.45) is 0 Å². The number of halogens is 1. The predicted octanol–water partition coefficient (Wildman–Crippen LogP) is 2.78. The molecule has 0 amide bonds. The first-order valence-corrected chi connectivity index (χ1v) is 6.74. The summed E-state index contributed by atoms with van der Waals surface area (Å²) in [7, 11) is 1.38. The third-order valence-electron chi connectivity index (χ3n) is 2.59. The summed E-state index contributed by atoms with van der Waals surface area (Å²) < 4.78 is 10.1. The first-order chi connectivity index (χ1) is 9.17. The smallest absolute Gasteiger partial charge is 0.305 e. The number of esters is 1. The highest BCUT2D eigenvalue weighted by atomic mass is 35.5. The number of carbonyl (C=O) groups is 1. The molecule has 106 valence electrons. The molecule has 0 unspecified atom stereocenters. The fourth-order valence-corrected chi connectivity index (χ4v) is 1.80. The van der Waals surface area contributed by atoms with Crippen LogP contribution < -0.4 is 10.1 Å². The van der Waals surface area contributed by atoms with Crippen molar-refractivity contribution in [2.75, 3.05) is 20.3 Å². The van der Waals surface area contributed by atoms with Gasteiger partial charge in [-0.25, -0.2) is 0 Å². The third kappa shape index (κ3) is 5.94. The maximum absolute atomic E-state index is 10.9. The summed E-state index contributed by atoms with van der Waals surface area (Å²) in [4.78, 5) is 10.9. The predicted molar refractivity (Wildman–Crippen MR) is 75.6 cm³/mol. The third-order valence-corrected chi connectivity index (χ3v) is 2.88. The van der Waals surface area contributed by atoms with Gasteiger partial charge in [-0.3, -0.25) is 4.79 Å². The van der Waals surface area contributed by atoms with Gasteiger partial charge in [0.05, 0.1) is 18.7 Å². The standard InChI is InChI=1S/C14H20ClNO3/c1-3-16-10-11-6-7-13(12(15)9-11)19-8-4-5-14(17)18-2/h6-7,9,16H,3-5,8,10H2,1-2H3. The molecule has 0 saturated heterocycles. The maximum atomic E-state index is 10.9. The van der Waals surface area contributed by atoms with Crippen LogP contribution in [0.5, 0.6) is 5.75 Å². The number of hydrogen-bond acceptors (Lipinski definition) is 4. The molecule has 0 spiro atoms. The van der Waals surface area contributed by atoms with Gasteiger partial charge >= 0.3 is 5.97 Å². The van der Waals surface area contributed by atoms with E-state index in [9.17, 15) is 4.79 Å². The van der Waals surface area contributed by atoms with E-state index >= 15 is 0 Å². The quantitative estimate of drug-likeness (QED) is 0.589. The first-order valence-electron chi connectivity index (χ1n) is 6.36. The van der Waals surface area contributed by atoms with Gasteiger partial charge in [0, 0.05) is 13.0 Å². The highest BCUT2D eigenvalue weighted by molar-refractivity contribution is 6.32. The van der Waals surface area contributed by atoms with Crippen molar-refractivity contribution in [2.45, 2.75) is 26.3 Å². The van der Waals surface area contributed by atoms with Crippen LogP contribution in [0.3, 0.4) is 0 Å². The zero-order valence-corrected chi connectivity index (χ0v) is 12.1. The zero-order chi connectivity index (χ0) is 14.1. The lowest BCUT2D eigenvalue weighted by Gasteiger charge is -2.09. The van der Waals surface area contributed by atoms with E-state index in [-0.39, 0.29) is 5.97 Å². The molecule has 0 aliphatic rings. The van der Waals surface area contributed by atoms with Crippen molar-refractivity contribution in [3.8, 4) is 5.75 Å². The van der Waals surface area contributed by atoms with Crippen LogP contribution in [0.2, 0.25) is 5.02 Å². The van der Waals surface area contributed by atoms with E-state index in [1.807, 2.05) is 18.2 Å². The lowest BCUT2D eigenvalue weighted by Crippen LogP contribution is -2.11. The van der Waals surface area contributed by atoms with Crippen molar-refractivity contribution in [1.82, 2.24) is 5.32 Å². The van der Waals surface area contributed by atoms with Gasteiger partial charge in [-0.05, 0) is 30.7 Å². The second-order valence-corrected chi connectivity index (χ2v) is 4.48. The molecular formula is C14H20ClNO3. The highest BCUT2D eigenvalue weighted by Gasteiger charge is 2.04. The molecule has 4 nitrogen and oxygen atoms in total. The fraction of sp³-hybridized carbons (Fsp3) is 0.500. The van der Waals surface area contributed by atoms with E-state index in [1.165, 1.54) is 7.11 Å². The Morgan fingerprint density at radius 3 is 2.84 bits per heavy atom. The van der Waals surface area contributed by atoms with Gasteiger partial charge in [0.2, 0.25) is 0 Å². The van der Waals surface area contributed by atoms with Gasteiger partial charge in [-0.1, -0.05) is 24.6 Å². The minimum absolute atomic E-state index is 0.226. The largest absolute Gasteiger partial charge is 0.492 e. The van der Waals surface area contributed by atoms with Crippen LogP contribution in [0.25, 0.3) is 0 Å². The first kappa shape index (κ1) is 15.8. The van der Waals surface area contributed by atoms with E-state index in [2.05, 4.69) is 17.0 Å². The number of methoxy groups -OCH3 is 1. The Hall–Kier alpha value is -1.26. The Morgan fingerprint density at radius 2 is 2.21 bits per heavy atom. The lowest BCUT2D eigenvalue weighted by molar-refractivity contribution is -0.140. The molecule has 1 aromatic carbocycles. The molecule has 0 radical (unpaired) electrons. The van der Waals surface area contributed by atoms with Gasteiger partial charge in [0.25, 0.3) is 0 Å². The Kier molecular flexibility index (Phi) is 7.30. The van der Waals surface area contributed by atoms with Gasteiger partial charge in [0.1, 0.15) is 5.75 Å². The van der Waals surface area contributed by atoms with Gasteiger partial charge in [0.15, 0.2) is 0 Å². The van der Waals surface area contributed by atoms with E-state index in [0.29, 0.717) is 30.2 Å². The molecule has 0 bridgehead atoms.